The van der Waals surface area contributed by atoms with Crippen LogP contribution in [0.1, 0.15) is 16.8 Å². The van der Waals surface area contributed by atoms with E-state index >= 15 is 0 Å². The van der Waals surface area contributed by atoms with Gasteiger partial charge in [0.15, 0.2) is 0 Å². The molecule has 0 aliphatic rings. The van der Waals surface area contributed by atoms with Crippen LogP contribution in [-0.4, -0.2) is 10.1 Å². The number of halogens is 1. The van der Waals surface area contributed by atoms with Gasteiger partial charge in [-0.2, -0.15) is 0 Å². The zero-order chi connectivity index (χ0) is 9.14. The van der Waals surface area contributed by atoms with E-state index in [-0.39, 0.29) is 12.3 Å². The lowest BCUT2D eigenvalue weighted by Crippen LogP contribution is -2.03. The standard InChI is InChI=1S/C8H11FN2O/c1-5-8(12)7(3-10)6(2-9)4-11-5/h4,12H,2-3,10H2,1H3. The van der Waals surface area contributed by atoms with E-state index in [2.05, 4.69) is 4.98 Å². The summed E-state index contributed by atoms with van der Waals surface area (Å²) in [6.07, 6.45) is 1.40. The Hall–Kier alpha value is -1.16. The van der Waals surface area contributed by atoms with E-state index in [0.717, 1.165) is 0 Å². The van der Waals surface area contributed by atoms with Crippen molar-refractivity contribution in [2.45, 2.75) is 20.1 Å². The summed E-state index contributed by atoms with van der Waals surface area (Å²) in [5.74, 6) is 0.00708. The number of nitrogens with zero attached hydrogens (tertiary/aromatic N) is 1. The summed E-state index contributed by atoms with van der Waals surface area (Å²) in [5.41, 5.74) is 6.63. The third kappa shape index (κ3) is 1.38. The van der Waals surface area contributed by atoms with E-state index in [1.165, 1.54) is 6.20 Å². The van der Waals surface area contributed by atoms with Crippen LogP contribution in [0.5, 0.6) is 5.75 Å². The van der Waals surface area contributed by atoms with Gasteiger partial charge >= 0.3 is 0 Å². The average Bonchev–Trinajstić information content (AvgIpc) is 2.09. The summed E-state index contributed by atoms with van der Waals surface area (Å²) in [6, 6.07) is 0. The molecule has 0 spiro atoms. The van der Waals surface area contributed by atoms with Gasteiger partial charge in [-0.05, 0) is 6.92 Å². The van der Waals surface area contributed by atoms with Crippen LogP contribution in [0.15, 0.2) is 6.20 Å². The topological polar surface area (TPSA) is 59.1 Å². The van der Waals surface area contributed by atoms with Crippen molar-refractivity contribution in [2.75, 3.05) is 0 Å². The average molecular weight is 170 g/mol. The van der Waals surface area contributed by atoms with E-state index in [4.69, 9.17) is 5.73 Å². The first kappa shape index (κ1) is 8.93. The third-order valence-electron chi connectivity index (χ3n) is 1.78. The summed E-state index contributed by atoms with van der Waals surface area (Å²) >= 11 is 0. The van der Waals surface area contributed by atoms with Crippen molar-refractivity contribution in [2.24, 2.45) is 5.73 Å². The Labute approximate surface area is 70.0 Å². The van der Waals surface area contributed by atoms with Gasteiger partial charge < -0.3 is 10.8 Å². The smallest absolute Gasteiger partial charge is 0.141 e. The van der Waals surface area contributed by atoms with Gasteiger partial charge in [-0.3, -0.25) is 4.98 Å². The second-order valence-corrected chi connectivity index (χ2v) is 2.53. The Kier molecular flexibility index (Phi) is 2.60. The number of aromatic hydroxyl groups is 1. The lowest BCUT2D eigenvalue weighted by Gasteiger charge is -2.07. The molecule has 1 aromatic rings. The minimum Gasteiger partial charge on any atom is -0.506 e. The third-order valence-corrected chi connectivity index (χ3v) is 1.78. The summed E-state index contributed by atoms with van der Waals surface area (Å²) in [5, 5.41) is 9.40. The predicted octanol–water partition coefficient (Wildman–Crippen LogP) is 1.02. The number of hydrogen-bond donors (Lipinski definition) is 2. The number of pyridine rings is 1. The monoisotopic (exact) mass is 170 g/mol. The molecule has 0 saturated heterocycles. The Morgan fingerprint density at radius 1 is 1.67 bits per heavy atom. The first-order valence-corrected chi connectivity index (χ1v) is 3.63. The Balaban J connectivity index is 3.25. The molecule has 0 aliphatic carbocycles. The van der Waals surface area contributed by atoms with Gasteiger partial charge in [0.2, 0.25) is 0 Å². The molecule has 0 unspecified atom stereocenters. The maximum atomic E-state index is 12.3. The van der Waals surface area contributed by atoms with E-state index < -0.39 is 6.67 Å². The van der Waals surface area contributed by atoms with Crippen LogP contribution in [0.3, 0.4) is 0 Å². The minimum atomic E-state index is -0.645. The molecule has 0 bridgehead atoms. The van der Waals surface area contributed by atoms with Crippen LogP contribution in [0.4, 0.5) is 4.39 Å². The maximum Gasteiger partial charge on any atom is 0.141 e. The van der Waals surface area contributed by atoms with Crippen molar-refractivity contribution in [3.8, 4) is 5.75 Å². The minimum absolute atomic E-state index is 0.00708. The molecule has 3 nitrogen and oxygen atoms in total. The van der Waals surface area contributed by atoms with Gasteiger partial charge in [-0.25, -0.2) is 4.39 Å². The molecule has 0 amide bonds. The highest BCUT2D eigenvalue weighted by Crippen LogP contribution is 2.23. The molecule has 1 aromatic heterocycles. The molecule has 0 aromatic carbocycles. The van der Waals surface area contributed by atoms with E-state index in [9.17, 15) is 9.50 Å². The van der Waals surface area contributed by atoms with Crippen LogP contribution in [0.2, 0.25) is 0 Å². The predicted molar refractivity (Wildman–Crippen MR) is 43.3 cm³/mol. The lowest BCUT2D eigenvalue weighted by molar-refractivity contribution is 0.446. The number of alkyl halides is 1. The molecule has 4 heteroatoms. The van der Waals surface area contributed by atoms with Gasteiger partial charge in [0.25, 0.3) is 0 Å². The Bertz CT molecular complexity index is 289. The largest absolute Gasteiger partial charge is 0.506 e. The van der Waals surface area contributed by atoms with Gasteiger partial charge in [-0.1, -0.05) is 0 Å². The second-order valence-electron chi connectivity index (χ2n) is 2.53. The quantitative estimate of drug-likeness (QED) is 0.696. The molecule has 0 radical (unpaired) electrons. The first-order valence-electron chi connectivity index (χ1n) is 3.63. The summed E-state index contributed by atoms with van der Waals surface area (Å²) in [6.45, 7) is 1.14. The van der Waals surface area contributed by atoms with E-state index in [1.54, 1.807) is 6.92 Å². The second kappa shape index (κ2) is 3.49. The number of hydrogen-bond acceptors (Lipinski definition) is 3. The highest BCUT2D eigenvalue weighted by Gasteiger charge is 2.09. The molecule has 12 heavy (non-hydrogen) atoms. The molecule has 1 heterocycles. The molecule has 1 rings (SSSR count). The molecular weight excluding hydrogens is 159 g/mol. The lowest BCUT2D eigenvalue weighted by atomic mass is 10.1. The molecule has 3 N–H and O–H groups in total. The summed E-state index contributed by atoms with van der Waals surface area (Å²) in [7, 11) is 0. The normalized spacial score (nSPS) is 10.2. The van der Waals surface area contributed by atoms with Crippen molar-refractivity contribution in [1.82, 2.24) is 4.98 Å². The molecule has 66 valence electrons. The van der Waals surface area contributed by atoms with E-state index in [1.807, 2.05) is 0 Å². The summed E-state index contributed by atoms with van der Waals surface area (Å²) in [4.78, 5) is 3.81. The van der Waals surface area contributed by atoms with Crippen molar-refractivity contribution >= 4 is 0 Å². The number of aromatic nitrogens is 1. The molecule has 0 atom stereocenters. The van der Waals surface area contributed by atoms with Crippen LogP contribution in [-0.2, 0) is 13.2 Å². The van der Waals surface area contributed by atoms with Crippen LogP contribution in [0.25, 0.3) is 0 Å². The number of nitrogens with two attached hydrogens (primary N) is 1. The van der Waals surface area contributed by atoms with Gasteiger partial charge in [0.05, 0.1) is 5.69 Å². The fourth-order valence-electron chi connectivity index (χ4n) is 1.03. The Morgan fingerprint density at radius 3 is 2.83 bits per heavy atom. The van der Waals surface area contributed by atoms with Gasteiger partial charge in [0, 0.05) is 23.9 Å². The van der Waals surface area contributed by atoms with Crippen LogP contribution >= 0.6 is 0 Å². The Morgan fingerprint density at radius 2 is 2.33 bits per heavy atom. The highest BCUT2D eigenvalue weighted by molar-refractivity contribution is 5.40. The van der Waals surface area contributed by atoms with Crippen molar-refractivity contribution in [1.29, 1.82) is 0 Å². The van der Waals surface area contributed by atoms with Crippen molar-refractivity contribution < 1.29 is 9.50 Å². The fourth-order valence-corrected chi connectivity index (χ4v) is 1.03. The molecule has 0 fully saturated rings. The molecule has 0 saturated carbocycles. The number of aryl methyl sites for hydroxylation is 1. The van der Waals surface area contributed by atoms with E-state index in [0.29, 0.717) is 16.8 Å². The van der Waals surface area contributed by atoms with Crippen LogP contribution < -0.4 is 5.73 Å². The van der Waals surface area contributed by atoms with Gasteiger partial charge in [0.1, 0.15) is 12.4 Å². The number of rotatable bonds is 2. The van der Waals surface area contributed by atoms with Gasteiger partial charge in [-0.15, -0.1) is 0 Å². The SMILES string of the molecule is Cc1ncc(CF)c(CN)c1O. The fraction of sp³-hybridized carbons (Fsp3) is 0.375. The molecular formula is C8H11FN2O. The van der Waals surface area contributed by atoms with Crippen LogP contribution in [0, 0.1) is 6.92 Å². The first-order chi connectivity index (χ1) is 5.70. The zero-order valence-corrected chi connectivity index (χ0v) is 6.84. The van der Waals surface area contributed by atoms with Crippen molar-refractivity contribution in [3.05, 3.63) is 23.0 Å². The zero-order valence-electron chi connectivity index (χ0n) is 6.84. The highest BCUT2D eigenvalue weighted by atomic mass is 19.1. The summed E-state index contributed by atoms with van der Waals surface area (Å²) < 4.78 is 12.3. The van der Waals surface area contributed by atoms with Crippen molar-refractivity contribution in [3.63, 3.8) is 0 Å². The maximum absolute atomic E-state index is 12.3. The molecule has 0 aliphatic heterocycles.